The summed E-state index contributed by atoms with van der Waals surface area (Å²) in [6, 6.07) is 12.1. The Morgan fingerprint density at radius 1 is 1.27 bits per heavy atom. The Morgan fingerprint density at radius 3 is 2.77 bits per heavy atom. The second-order valence-electron chi connectivity index (χ2n) is 4.88. The standard InChI is InChI=1S/C16H15N3O3/c1-22-12-5-2-10(3-6-12)8-15(21)17-16-13-7-4-11(20)9-14(13)18-19-16/h2-7,9,20H,8H2,1H3,(H2,17,18,19,21). The Kier molecular flexibility index (Phi) is 3.65. The number of nitrogens with one attached hydrogen (secondary N) is 2. The van der Waals surface area contributed by atoms with E-state index < -0.39 is 0 Å². The summed E-state index contributed by atoms with van der Waals surface area (Å²) in [4.78, 5) is 12.1. The van der Waals surface area contributed by atoms with Crippen LogP contribution in [0.15, 0.2) is 42.5 Å². The zero-order chi connectivity index (χ0) is 15.5. The fourth-order valence-corrected chi connectivity index (χ4v) is 2.21. The maximum absolute atomic E-state index is 12.1. The van der Waals surface area contributed by atoms with E-state index in [1.807, 2.05) is 24.3 Å². The molecule has 6 heteroatoms. The average Bonchev–Trinajstić information content (AvgIpc) is 2.90. The Bertz CT molecular complexity index is 809. The van der Waals surface area contributed by atoms with E-state index in [1.54, 1.807) is 25.3 Å². The van der Waals surface area contributed by atoms with Gasteiger partial charge < -0.3 is 15.2 Å². The molecule has 6 nitrogen and oxygen atoms in total. The molecular formula is C16H15N3O3. The van der Waals surface area contributed by atoms with E-state index in [4.69, 9.17) is 4.74 Å². The first-order chi connectivity index (χ1) is 10.7. The molecule has 0 saturated carbocycles. The molecular weight excluding hydrogens is 282 g/mol. The SMILES string of the molecule is COc1ccc(CC(=O)Nc2n[nH]c3cc(O)ccc23)cc1. The van der Waals surface area contributed by atoms with Crippen LogP contribution in [-0.4, -0.2) is 28.3 Å². The van der Waals surface area contributed by atoms with Gasteiger partial charge in [-0.25, -0.2) is 0 Å². The molecule has 22 heavy (non-hydrogen) atoms. The Labute approximate surface area is 126 Å². The summed E-state index contributed by atoms with van der Waals surface area (Å²) in [7, 11) is 1.60. The number of amides is 1. The molecule has 0 spiro atoms. The molecule has 0 unspecified atom stereocenters. The Morgan fingerprint density at radius 2 is 2.05 bits per heavy atom. The summed E-state index contributed by atoms with van der Waals surface area (Å²) in [6.07, 6.45) is 0.246. The summed E-state index contributed by atoms with van der Waals surface area (Å²) in [6.45, 7) is 0. The van der Waals surface area contributed by atoms with Crippen LogP contribution in [0.4, 0.5) is 5.82 Å². The third kappa shape index (κ3) is 2.85. The van der Waals surface area contributed by atoms with Gasteiger partial charge in [0.25, 0.3) is 0 Å². The first-order valence-electron chi connectivity index (χ1n) is 6.75. The van der Waals surface area contributed by atoms with Gasteiger partial charge in [-0.05, 0) is 29.8 Å². The number of hydrogen-bond acceptors (Lipinski definition) is 4. The van der Waals surface area contributed by atoms with Crippen molar-refractivity contribution in [3.8, 4) is 11.5 Å². The van der Waals surface area contributed by atoms with Crippen molar-refractivity contribution < 1.29 is 14.6 Å². The molecule has 0 aliphatic heterocycles. The highest BCUT2D eigenvalue weighted by molar-refractivity contribution is 6.00. The van der Waals surface area contributed by atoms with Gasteiger partial charge in [0.05, 0.1) is 19.0 Å². The zero-order valence-corrected chi connectivity index (χ0v) is 12.0. The molecule has 0 atom stereocenters. The van der Waals surface area contributed by atoms with Gasteiger partial charge in [-0.15, -0.1) is 0 Å². The summed E-state index contributed by atoms with van der Waals surface area (Å²) in [5, 5.41) is 19.8. The highest BCUT2D eigenvalue weighted by Gasteiger charge is 2.10. The topological polar surface area (TPSA) is 87.2 Å². The molecule has 0 fully saturated rings. The number of hydrogen-bond donors (Lipinski definition) is 3. The number of carbonyl (C=O) groups excluding carboxylic acids is 1. The molecule has 0 saturated heterocycles. The number of carbonyl (C=O) groups is 1. The van der Waals surface area contributed by atoms with Gasteiger partial charge in [-0.2, -0.15) is 5.10 Å². The summed E-state index contributed by atoms with van der Waals surface area (Å²) in [5.41, 5.74) is 1.55. The van der Waals surface area contributed by atoms with Gasteiger partial charge in [-0.3, -0.25) is 9.89 Å². The summed E-state index contributed by atoms with van der Waals surface area (Å²) < 4.78 is 5.08. The number of fused-ring (bicyclic) bond motifs is 1. The third-order valence-corrected chi connectivity index (χ3v) is 3.33. The number of nitrogens with zero attached hydrogens (tertiary/aromatic N) is 1. The van der Waals surface area contributed by atoms with Gasteiger partial charge in [0.2, 0.25) is 5.91 Å². The van der Waals surface area contributed by atoms with Gasteiger partial charge in [-0.1, -0.05) is 12.1 Å². The van der Waals surface area contributed by atoms with Crippen LogP contribution in [0.1, 0.15) is 5.56 Å². The van der Waals surface area contributed by atoms with E-state index >= 15 is 0 Å². The second-order valence-corrected chi connectivity index (χ2v) is 4.88. The second kappa shape index (κ2) is 5.77. The van der Waals surface area contributed by atoms with Crippen molar-refractivity contribution in [2.24, 2.45) is 0 Å². The molecule has 112 valence electrons. The van der Waals surface area contributed by atoms with Crippen molar-refractivity contribution in [1.82, 2.24) is 10.2 Å². The van der Waals surface area contributed by atoms with Gasteiger partial charge in [0.1, 0.15) is 11.5 Å². The molecule has 3 N–H and O–H groups in total. The molecule has 0 aliphatic carbocycles. The van der Waals surface area contributed by atoms with Crippen LogP contribution in [-0.2, 0) is 11.2 Å². The molecule has 2 aromatic carbocycles. The fourth-order valence-electron chi connectivity index (χ4n) is 2.21. The molecule has 1 amide bonds. The Hall–Kier alpha value is -3.02. The minimum atomic E-state index is -0.161. The van der Waals surface area contributed by atoms with E-state index in [0.29, 0.717) is 11.3 Å². The van der Waals surface area contributed by atoms with Crippen molar-refractivity contribution >= 4 is 22.6 Å². The smallest absolute Gasteiger partial charge is 0.230 e. The predicted octanol–water partition coefficient (Wildman–Crippen LogP) is 2.46. The zero-order valence-electron chi connectivity index (χ0n) is 12.0. The molecule has 0 radical (unpaired) electrons. The van der Waals surface area contributed by atoms with Crippen LogP contribution in [0.25, 0.3) is 10.9 Å². The van der Waals surface area contributed by atoms with E-state index in [9.17, 15) is 9.90 Å². The van der Waals surface area contributed by atoms with Crippen LogP contribution in [0.5, 0.6) is 11.5 Å². The predicted molar refractivity (Wildman–Crippen MR) is 83.1 cm³/mol. The van der Waals surface area contributed by atoms with Gasteiger partial charge in [0.15, 0.2) is 5.82 Å². The third-order valence-electron chi connectivity index (χ3n) is 3.33. The maximum Gasteiger partial charge on any atom is 0.230 e. The minimum absolute atomic E-state index is 0.146. The number of methoxy groups -OCH3 is 1. The first kappa shape index (κ1) is 13.9. The monoisotopic (exact) mass is 297 g/mol. The van der Waals surface area contributed by atoms with E-state index in [2.05, 4.69) is 15.5 Å². The molecule has 3 rings (SSSR count). The van der Waals surface area contributed by atoms with Crippen LogP contribution >= 0.6 is 0 Å². The summed E-state index contributed by atoms with van der Waals surface area (Å²) >= 11 is 0. The van der Waals surface area contributed by atoms with Crippen LogP contribution in [0, 0.1) is 0 Å². The van der Waals surface area contributed by atoms with Crippen LogP contribution in [0.2, 0.25) is 0 Å². The number of aromatic nitrogens is 2. The van der Waals surface area contributed by atoms with Crippen LogP contribution < -0.4 is 10.1 Å². The highest BCUT2D eigenvalue weighted by Crippen LogP contribution is 2.24. The maximum atomic E-state index is 12.1. The molecule has 0 aliphatic rings. The van der Waals surface area contributed by atoms with Crippen molar-refractivity contribution in [3.05, 3.63) is 48.0 Å². The highest BCUT2D eigenvalue weighted by atomic mass is 16.5. The van der Waals surface area contributed by atoms with Crippen molar-refractivity contribution in [1.29, 1.82) is 0 Å². The fraction of sp³-hybridized carbons (Fsp3) is 0.125. The molecule has 1 heterocycles. The number of rotatable bonds is 4. The van der Waals surface area contributed by atoms with Crippen molar-refractivity contribution in [2.75, 3.05) is 12.4 Å². The largest absolute Gasteiger partial charge is 0.508 e. The number of phenolic OH excluding ortho intramolecular Hbond substituents is 1. The summed E-state index contributed by atoms with van der Waals surface area (Å²) in [5.74, 6) is 1.19. The number of ether oxygens (including phenoxy) is 1. The van der Waals surface area contributed by atoms with E-state index in [0.717, 1.165) is 16.7 Å². The van der Waals surface area contributed by atoms with Crippen LogP contribution in [0.3, 0.4) is 0 Å². The normalized spacial score (nSPS) is 10.6. The number of anilines is 1. The molecule has 1 aromatic heterocycles. The van der Waals surface area contributed by atoms with Gasteiger partial charge >= 0.3 is 0 Å². The van der Waals surface area contributed by atoms with E-state index in [1.165, 1.54) is 0 Å². The number of benzene rings is 2. The average molecular weight is 297 g/mol. The lowest BCUT2D eigenvalue weighted by molar-refractivity contribution is -0.115. The number of aromatic amines is 1. The van der Waals surface area contributed by atoms with E-state index in [-0.39, 0.29) is 18.1 Å². The first-order valence-corrected chi connectivity index (χ1v) is 6.75. The van der Waals surface area contributed by atoms with Gasteiger partial charge in [0, 0.05) is 11.5 Å². The Balaban J connectivity index is 1.72. The molecule has 0 bridgehead atoms. The lowest BCUT2D eigenvalue weighted by Gasteiger charge is -2.04. The van der Waals surface area contributed by atoms with Crippen molar-refractivity contribution in [2.45, 2.75) is 6.42 Å². The lowest BCUT2D eigenvalue weighted by atomic mass is 10.1. The lowest BCUT2D eigenvalue weighted by Crippen LogP contribution is -2.14. The van der Waals surface area contributed by atoms with Crippen molar-refractivity contribution in [3.63, 3.8) is 0 Å². The number of phenols is 1. The quantitative estimate of drug-likeness (QED) is 0.690. The minimum Gasteiger partial charge on any atom is -0.508 e. The molecule has 3 aromatic rings. The number of aromatic hydroxyl groups is 1. The number of H-pyrrole nitrogens is 1.